The van der Waals surface area contributed by atoms with E-state index in [0.717, 1.165) is 11.3 Å². The Hall–Kier alpha value is -3.20. The number of nitrogens with zero attached hydrogens (tertiary/aromatic N) is 1. The van der Waals surface area contributed by atoms with Crippen molar-refractivity contribution in [3.63, 3.8) is 0 Å². The van der Waals surface area contributed by atoms with Gasteiger partial charge in [0, 0.05) is 17.5 Å². The molecule has 0 saturated carbocycles. The van der Waals surface area contributed by atoms with Crippen LogP contribution < -0.4 is 4.90 Å². The lowest BCUT2D eigenvalue weighted by atomic mass is 10.0. The van der Waals surface area contributed by atoms with E-state index in [0.29, 0.717) is 23.2 Å². The molecular weight excluding hydrogens is 298 g/mol. The first kappa shape index (κ1) is 14.4. The third-order valence-electron chi connectivity index (χ3n) is 4.25. The molecule has 116 valence electrons. The zero-order valence-corrected chi connectivity index (χ0v) is 13.0. The molecule has 0 radical (unpaired) electrons. The number of carbonyl (C=O) groups is 2. The molecule has 3 aromatic carbocycles. The number of ketones is 1. The molecule has 3 nitrogen and oxygen atoms in total. The second-order valence-electron chi connectivity index (χ2n) is 5.75. The van der Waals surface area contributed by atoms with Crippen molar-refractivity contribution in [2.75, 3.05) is 4.90 Å². The molecule has 0 atom stereocenters. The Labute approximate surface area is 140 Å². The molecule has 3 heteroatoms. The van der Waals surface area contributed by atoms with Crippen LogP contribution in [-0.4, -0.2) is 11.7 Å². The zero-order chi connectivity index (χ0) is 16.5. The van der Waals surface area contributed by atoms with Crippen molar-refractivity contribution < 1.29 is 9.59 Å². The fourth-order valence-electron chi connectivity index (χ4n) is 3.11. The summed E-state index contributed by atoms with van der Waals surface area (Å²) in [5, 5.41) is 0. The molecule has 0 N–H and O–H groups in total. The SMILES string of the molecule is O=C1Cc2ccccc2N(C(=O)c2ccccc2)c2ccccc21. The number of rotatable bonds is 1. The van der Waals surface area contributed by atoms with Crippen LogP contribution in [0.5, 0.6) is 0 Å². The normalized spacial score (nSPS) is 13.0. The van der Waals surface area contributed by atoms with Crippen molar-refractivity contribution in [3.05, 3.63) is 95.6 Å². The molecule has 0 aliphatic carbocycles. The summed E-state index contributed by atoms with van der Waals surface area (Å²) in [6.45, 7) is 0. The summed E-state index contributed by atoms with van der Waals surface area (Å²) < 4.78 is 0. The number of Topliss-reactive ketones (excluding diaryl/α,β-unsaturated/α-hetero) is 1. The van der Waals surface area contributed by atoms with Gasteiger partial charge in [0.1, 0.15) is 0 Å². The number of anilines is 2. The molecule has 1 amide bonds. The van der Waals surface area contributed by atoms with Gasteiger partial charge in [-0.05, 0) is 35.9 Å². The first-order valence-electron chi connectivity index (χ1n) is 7.85. The van der Waals surface area contributed by atoms with E-state index in [-0.39, 0.29) is 11.7 Å². The highest BCUT2D eigenvalue weighted by Gasteiger charge is 2.29. The lowest BCUT2D eigenvalue weighted by molar-refractivity contribution is 0.0993. The third-order valence-corrected chi connectivity index (χ3v) is 4.25. The highest BCUT2D eigenvalue weighted by molar-refractivity contribution is 6.17. The van der Waals surface area contributed by atoms with Crippen molar-refractivity contribution >= 4 is 23.1 Å². The van der Waals surface area contributed by atoms with Crippen molar-refractivity contribution in [1.29, 1.82) is 0 Å². The van der Waals surface area contributed by atoms with E-state index in [1.807, 2.05) is 60.7 Å². The van der Waals surface area contributed by atoms with Gasteiger partial charge in [0.15, 0.2) is 5.78 Å². The number of carbonyl (C=O) groups excluding carboxylic acids is 2. The smallest absolute Gasteiger partial charge is 0.262 e. The minimum Gasteiger partial charge on any atom is -0.294 e. The predicted octanol–water partition coefficient (Wildman–Crippen LogP) is 4.40. The summed E-state index contributed by atoms with van der Waals surface area (Å²) in [6, 6.07) is 24.0. The lowest BCUT2D eigenvalue weighted by Gasteiger charge is -2.24. The van der Waals surface area contributed by atoms with Gasteiger partial charge >= 0.3 is 0 Å². The molecule has 0 saturated heterocycles. The average molecular weight is 313 g/mol. The molecule has 1 aliphatic rings. The summed E-state index contributed by atoms with van der Waals surface area (Å²) in [7, 11) is 0. The molecular formula is C21H15NO2. The highest BCUT2D eigenvalue weighted by Crippen LogP contribution is 2.36. The van der Waals surface area contributed by atoms with Crippen LogP contribution in [0.2, 0.25) is 0 Å². The van der Waals surface area contributed by atoms with Crippen LogP contribution in [0.4, 0.5) is 11.4 Å². The van der Waals surface area contributed by atoms with Gasteiger partial charge < -0.3 is 0 Å². The van der Waals surface area contributed by atoms with E-state index in [1.165, 1.54) is 0 Å². The molecule has 0 aromatic heterocycles. The van der Waals surface area contributed by atoms with Gasteiger partial charge in [-0.2, -0.15) is 0 Å². The Balaban J connectivity index is 1.96. The maximum Gasteiger partial charge on any atom is 0.262 e. The van der Waals surface area contributed by atoms with Crippen LogP contribution in [0, 0.1) is 0 Å². The zero-order valence-electron chi connectivity index (χ0n) is 13.0. The minimum atomic E-state index is -0.134. The van der Waals surface area contributed by atoms with Crippen molar-refractivity contribution in [1.82, 2.24) is 0 Å². The molecule has 0 fully saturated rings. The first-order valence-corrected chi connectivity index (χ1v) is 7.85. The number of fused-ring (bicyclic) bond motifs is 2. The van der Waals surface area contributed by atoms with E-state index in [1.54, 1.807) is 23.1 Å². The van der Waals surface area contributed by atoms with Gasteiger partial charge in [-0.1, -0.05) is 48.5 Å². The van der Waals surface area contributed by atoms with E-state index in [4.69, 9.17) is 0 Å². The maximum atomic E-state index is 13.2. The van der Waals surface area contributed by atoms with E-state index in [2.05, 4.69) is 0 Å². The molecule has 1 aliphatic heterocycles. The van der Waals surface area contributed by atoms with Gasteiger partial charge in [0.2, 0.25) is 0 Å². The topological polar surface area (TPSA) is 37.4 Å². The van der Waals surface area contributed by atoms with Gasteiger partial charge in [0.25, 0.3) is 5.91 Å². The van der Waals surface area contributed by atoms with E-state index >= 15 is 0 Å². The van der Waals surface area contributed by atoms with Gasteiger partial charge in [-0.25, -0.2) is 0 Å². The van der Waals surface area contributed by atoms with Crippen LogP contribution in [0.15, 0.2) is 78.9 Å². The van der Waals surface area contributed by atoms with Crippen molar-refractivity contribution in [3.8, 4) is 0 Å². The minimum absolute atomic E-state index is 0.0291. The molecule has 1 heterocycles. The largest absolute Gasteiger partial charge is 0.294 e. The monoisotopic (exact) mass is 313 g/mol. The van der Waals surface area contributed by atoms with Gasteiger partial charge in [-0.3, -0.25) is 14.5 Å². The first-order chi connectivity index (χ1) is 11.8. The summed E-state index contributed by atoms with van der Waals surface area (Å²) in [6.07, 6.45) is 0.297. The Morgan fingerprint density at radius 3 is 2.17 bits per heavy atom. The van der Waals surface area contributed by atoms with Crippen LogP contribution >= 0.6 is 0 Å². The second-order valence-corrected chi connectivity index (χ2v) is 5.75. The summed E-state index contributed by atoms with van der Waals surface area (Å²) in [5.41, 5.74) is 3.45. The Morgan fingerprint density at radius 2 is 1.38 bits per heavy atom. The van der Waals surface area contributed by atoms with E-state index < -0.39 is 0 Å². The number of para-hydroxylation sites is 2. The molecule has 4 rings (SSSR count). The summed E-state index contributed by atoms with van der Waals surface area (Å²) in [5.74, 6) is -0.105. The fourth-order valence-corrected chi connectivity index (χ4v) is 3.11. The average Bonchev–Trinajstić information content (AvgIpc) is 2.76. The number of hydrogen-bond acceptors (Lipinski definition) is 2. The van der Waals surface area contributed by atoms with Crippen LogP contribution in [0.3, 0.4) is 0 Å². The van der Waals surface area contributed by atoms with Crippen LogP contribution in [0.25, 0.3) is 0 Å². The second kappa shape index (κ2) is 5.78. The summed E-state index contributed by atoms with van der Waals surface area (Å²) >= 11 is 0. The Kier molecular flexibility index (Phi) is 3.47. The molecule has 0 spiro atoms. The van der Waals surface area contributed by atoms with Gasteiger partial charge in [0.05, 0.1) is 11.4 Å². The Morgan fingerprint density at radius 1 is 0.750 bits per heavy atom. The van der Waals surface area contributed by atoms with Crippen molar-refractivity contribution in [2.45, 2.75) is 6.42 Å². The molecule has 0 unspecified atom stereocenters. The summed E-state index contributed by atoms with van der Waals surface area (Å²) in [4.78, 5) is 27.5. The highest BCUT2D eigenvalue weighted by atomic mass is 16.2. The molecule has 24 heavy (non-hydrogen) atoms. The lowest BCUT2D eigenvalue weighted by Crippen LogP contribution is -2.26. The quantitative estimate of drug-likeness (QED) is 0.667. The maximum absolute atomic E-state index is 13.2. The van der Waals surface area contributed by atoms with Crippen LogP contribution in [0.1, 0.15) is 26.3 Å². The number of hydrogen-bond donors (Lipinski definition) is 0. The number of benzene rings is 3. The third kappa shape index (κ3) is 2.31. The van der Waals surface area contributed by atoms with Gasteiger partial charge in [-0.15, -0.1) is 0 Å². The predicted molar refractivity (Wildman–Crippen MR) is 93.8 cm³/mol. The number of amides is 1. The Bertz CT molecular complexity index is 931. The standard InChI is InChI=1S/C21H15NO2/c23-20-14-16-10-4-6-12-18(16)22(19-13-7-5-11-17(19)20)21(24)15-8-2-1-3-9-15/h1-13H,14H2. The van der Waals surface area contributed by atoms with E-state index in [9.17, 15) is 9.59 Å². The molecule has 3 aromatic rings. The van der Waals surface area contributed by atoms with Crippen LogP contribution in [-0.2, 0) is 6.42 Å². The fraction of sp³-hybridized carbons (Fsp3) is 0.0476. The molecule has 0 bridgehead atoms. The van der Waals surface area contributed by atoms with Crippen molar-refractivity contribution in [2.24, 2.45) is 0 Å².